The molecule has 104 valence electrons. The molecule has 8 heteroatoms. The van der Waals surface area contributed by atoms with E-state index in [9.17, 15) is 8.78 Å². The zero-order chi connectivity index (χ0) is 14.1. The van der Waals surface area contributed by atoms with Crippen LogP contribution < -0.4 is 26.9 Å². The summed E-state index contributed by atoms with van der Waals surface area (Å²) in [6.45, 7) is -0.124. The molecular formula is C12H11F2N5O. The van der Waals surface area contributed by atoms with Gasteiger partial charge >= 0.3 is 0 Å². The van der Waals surface area contributed by atoms with Crippen LogP contribution in [0.2, 0.25) is 0 Å². The number of nitrogen functional groups attached to an aromatic ring is 1. The van der Waals surface area contributed by atoms with Crippen molar-refractivity contribution in [3.8, 4) is 5.75 Å². The number of nitrogens with two attached hydrogens (primary N) is 1. The number of rotatable bonds is 3. The van der Waals surface area contributed by atoms with E-state index in [4.69, 9.17) is 10.5 Å². The maximum Gasteiger partial charge on any atom is 0.172 e. The number of halogens is 2. The fraction of sp³-hybridized carbons (Fsp3) is 0.0833. The third-order valence-corrected chi connectivity index (χ3v) is 2.79. The molecule has 0 radical (unpaired) electrons. The van der Waals surface area contributed by atoms with Crippen LogP contribution in [0, 0.1) is 11.6 Å². The second-order valence-electron chi connectivity index (χ2n) is 4.15. The highest BCUT2D eigenvalue weighted by molar-refractivity contribution is 5.76. The molecule has 1 aliphatic rings. The van der Waals surface area contributed by atoms with Gasteiger partial charge in [0, 0.05) is 11.6 Å². The lowest BCUT2D eigenvalue weighted by Crippen LogP contribution is -2.19. The molecule has 0 spiro atoms. The molecule has 2 heterocycles. The minimum Gasteiger partial charge on any atom is -0.486 e. The molecule has 0 bridgehead atoms. The number of aromatic nitrogens is 1. The normalized spacial score (nSPS) is 12.5. The summed E-state index contributed by atoms with van der Waals surface area (Å²) in [5.41, 5.74) is 14.5. The largest absolute Gasteiger partial charge is 0.486 e. The molecule has 0 saturated carbocycles. The maximum absolute atomic E-state index is 13.5. The lowest BCUT2D eigenvalue weighted by atomic mass is 10.2. The van der Waals surface area contributed by atoms with Crippen LogP contribution in [0.1, 0.15) is 5.56 Å². The second-order valence-corrected chi connectivity index (χ2v) is 4.15. The van der Waals surface area contributed by atoms with E-state index >= 15 is 0 Å². The third-order valence-electron chi connectivity index (χ3n) is 2.79. The van der Waals surface area contributed by atoms with Crippen molar-refractivity contribution in [1.29, 1.82) is 0 Å². The number of nitrogens with one attached hydrogen (secondary N) is 3. The van der Waals surface area contributed by atoms with E-state index in [-0.39, 0.29) is 18.0 Å². The van der Waals surface area contributed by atoms with Gasteiger partial charge in [-0.15, -0.1) is 5.53 Å². The summed E-state index contributed by atoms with van der Waals surface area (Å²) in [4.78, 5) is 4.03. The van der Waals surface area contributed by atoms with Gasteiger partial charge in [-0.2, -0.15) is 0 Å². The summed E-state index contributed by atoms with van der Waals surface area (Å²) >= 11 is 0. The Labute approximate surface area is 112 Å². The van der Waals surface area contributed by atoms with Gasteiger partial charge in [0.2, 0.25) is 0 Å². The molecule has 1 aromatic carbocycles. The van der Waals surface area contributed by atoms with Crippen LogP contribution in [-0.4, -0.2) is 4.98 Å². The molecule has 0 fully saturated rings. The van der Waals surface area contributed by atoms with Crippen molar-refractivity contribution >= 4 is 17.3 Å². The molecule has 6 nitrogen and oxygen atoms in total. The van der Waals surface area contributed by atoms with Gasteiger partial charge in [0.15, 0.2) is 23.2 Å². The number of pyridine rings is 1. The summed E-state index contributed by atoms with van der Waals surface area (Å²) in [7, 11) is 0. The Morgan fingerprint density at radius 2 is 2.10 bits per heavy atom. The highest BCUT2D eigenvalue weighted by Gasteiger charge is 2.18. The number of hydrazine groups is 2. The zero-order valence-corrected chi connectivity index (χ0v) is 10.2. The van der Waals surface area contributed by atoms with Gasteiger partial charge in [0.1, 0.15) is 18.1 Å². The number of fused-ring (bicyclic) bond motifs is 1. The van der Waals surface area contributed by atoms with Crippen molar-refractivity contribution in [3.63, 3.8) is 0 Å². The number of hydrogen-bond acceptors (Lipinski definition) is 6. The van der Waals surface area contributed by atoms with Gasteiger partial charge in [-0.05, 0) is 6.07 Å². The molecule has 2 aromatic rings. The van der Waals surface area contributed by atoms with Crippen molar-refractivity contribution in [1.82, 2.24) is 10.5 Å². The Hall–Kier alpha value is -2.61. The average Bonchev–Trinajstić information content (AvgIpc) is 2.88. The summed E-state index contributed by atoms with van der Waals surface area (Å²) in [5, 5.41) is 0. The first-order valence-electron chi connectivity index (χ1n) is 5.78. The molecule has 0 amide bonds. The monoisotopic (exact) mass is 279 g/mol. The van der Waals surface area contributed by atoms with E-state index in [1.807, 2.05) is 0 Å². The van der Waals surface area contributed by atoms with Crippen LogP contribution in [0.5, 0.6) is 5.75 Å². The first-order valence-corrected chi connectivity index (χ1v) is 5.78. The Morgan fingerprint density at radius 3 is 2.95 bits per heavy atom. The quantitative estimate of drug-likeness (QED) is 0.685. The molecule has 0 unspecified atom stereocenters. The smallest absolute Gasteiger partial charge is 0.172 e. The third kappa shape index (κ3) is 2.16. The lowest BCUT2D eigenvalue weighted by molar-refractivity contribution is 0.298. The molecule has 5 N–H and O–H groups in total. The Balaban J connectivity index is 1.84. The predicted octanol–water partition coefficient (Wildman–Crippen LogP) is 1.78. The van der Waals surface area contributed by atoms with Crippen LogP contribution in [-0.2, 0) is 6.61 Å². The zero-order valence-electron chi connectivity index (χ0n) is 10.2. The molecule has 20 heavy (non-hydrogen) atoms. The average molecular weight is 279 g/mol. The first kappa shape index (κ1) is 12.4. The number of ether oxygens (including phenoxy) is 1. The maximum atomic E-state index is 13.5. The first-order chi connectivity index (χ1) is 9.65. The van der Waals surface area contributed by atoms with Crippen molar-refractivity contribution in [2.75, 3.05) is 16.6 Å². The fourth-order valence-electron chi connectivity index (χ4n) is 1.83. The van der Waals surface area contributed by atoms with E-state index in [0.29, 0.717) is 17.3 Å². The van der Waals surface area contributed by atoms with Crippen molar-refractivity contribution in [2.24, 2.45) is 0 Å². The van der Waals surface area contributed by atoms with Crippen molar-refractivity contribution in [3.05, 3.63) is 41.5 Å². The Morgan fingerprint density at radius 1 is 1.25 bits per heavy atom. The lowest BCUT2D eigenvalue weighted by Gasteiger charge is -2.11. The standard InChI is InChI=1S/C12H11F2N5O/c13-7-3-1-2-6(10(7)14)5-20-8-4-9(15)16-12-11(8)17-19-18-12/h1-4,17,19H,5H2,(H3,15,16,18). The van der Waals surface area contributed by atoms with Crippen molar-refractivity contribution < 1.29 is 13.5 Å². The second kappa shape index (κ2) is 4.82. The molecule has 0 saturated heterocycles. The number of nitrogens with zero attached hydrogens (tertiary/aromatic N) is 1. The molecule has 1 aromatic heterocycles. The van der Waals surface area contributed by atoms with Gasteiger partial charge in [-0.3, -0.25) is 10.9 Å². The van der Waals surface area contributed by atoms with Crippen LogP contribution in [0.3, 0.4) is 0 Å². The van der Waals surface area contributed by atoms with Crippen LogP contribution in [0.4, 0.5) is 26.1 Å². The van der Waals surface area contributed by atoms with Gasteiger partial charge in [-0.25, -0.2) is 13.8 Å². The summed E-state index contributed by atoms with van der Waals surface area (Å²) in [5.74, 6) is -0.729. The predicted molar refractivity (Wildman–Crippen MR) is 69.7 cm³/mol. The van der Waals surface area contributed by atoms with E-state index in [1.165, 1.54) is 18.2 Å². The van der Waals surface area contributed by atoms with Crippen LogP contribution in [0.15, 0.2) is 24.3 Å². The Kier molecular flexibility index (Phi) is 2.99. The minimum atomic E-state index is -0.921. The summed E-state index contributed by atoms with van der Waals surface area (Å²) in [6, 6.07) is 5.42. The molecule has 3 rings (SSSR count). The SMILES string of the molecule is Nc1cc(OCc2cccc(F)c2F)c2c(n1)NNN2. The Bertz CT molecular complexity index is 665. The molecule has 1 aliphatic heterocycles. The minimum absolute atomic E-state index is 0.119. The van der Waals surface area contributed by atoms with Crippen LogP contribution >= 0.6 is 0 Å². The van der Waals surface area contributed by atoms with E-state index < -0.39 is 11.6 Å². The van der Waals surface area contributed by atoms with Crippen molar-refractivity contribution in [2.45, 2.75) is 6.61 Å². The topological polar surface area (TPSA) is 84.2 Å². The highest BCUT2D eigenvalue weighted by Crippen LogP contribution is 2.35. The molecular weight excluding hydrogens is 268 g/mol. The van der Waals surface area contributed by atoms with E-state index in [0.717, 1.165) is 6.07 Å². The van der Waals surface area contributed by atoms with Gasteiger partial charge in [0.05, 0.1) is 0 Å². The van der Waals surface area contributed by atoms with Gasteiger partial charge in [0.25, 0.3) is 0 Å². The number of hydrogen-bond donors (Lipinski definition) is 4. The number of benzene rings is 1. The van der Waals surface area contributed by atoms with Crippen LogP contribution in [0.25, 0.3) is 0 Å². The molecule has 0 atom stereocenters. The van der Waals surface area contributed by atoms with Gasteiger partial charge in [-0.1, -0.05) is 12.1 Å². The fourth-order valence-corrected chi connectivity index (χ4v) is 1.83. The van der Waals surface area contributed by atoms with E-state index in [1.54, 1.807) is 0 Å². The van der Waals surface area contributed by atoms with E-state index in [2.05, 4.69) is 21.4 Å². The summed E-state index contributed by atoms with van der Waals surface area (Å²) in [6.07, 6.45) is 0. The summed E-state index contributed by atoms with van der Waals surface area (Å²) < 4.78 is 32.1. The molecule has 0 aliphatic carbocycles. The highest BCUT2D eigenvalue weighted by atomic mass is 19.2. The number of anilines is 3. The van der Waals surface area contributed by atoms with Gasteiger partial charge < -0.3 is 10.5 Å².